The number of methoxy groups -OCH3 is 1. The van der Waals surface area contributed by atoms with Crippen molar-refractivity contribution in [3.05, 3.63) is 24.3 Å². The van der Waals surface area contributed by atoms with E-state index in [9.17, 15) is 9.59 Å². The van der Waals surface area contributed by atoms with Crippen molar-refractivity contribution in [1.82, 2.24) is 0 Å². The minimum atomic E-state index is -1.09. The van der Waals surface area contributed by atoms with Gasteiger partial charge in [0, 0.05) is 7.11 Å². The molecule has 0 atom stereocenters. The number of hydrogen-bond donors (Lipinski definition) is 2. The third kappa shape index (κ3) is 6.17. The SMILES string of the molecule is COCCOCC(=O)Nc1ccccc1OCC(=O)O. The summed E-state index contributed by atoms with van der Waals surface area (Å²) in [6, 6.07) is 6.57. The average Bonchev–Trinajstić information content (AvgIpc) is 2.42. The van der Waals surface area contributed by atoms with E-state index in [0.717, 1.165) is 0 Å². The molecule has 0 aliphatic rings. The summed E-state index contributed by atoms with van der Waals surface area (Å²) >= 11 is 0. The molecule has 110 valence electrons. The van der Waals surface area contributed by atoms with Crippen LogP contribution in [0.5, 0.6) is 5.75 Å². The molecule has 0 radical (unpaired) electrons. The molecule has 0 aliphatic carbocycles. The van der Waals surface area contributed by atoms with E-state index in [1.807, 2.05) is 0 Å². The van der Waals surface area contributed by atoms with Crippen LogP contribution in [0.25, 0.3) is 0 Å². The molecule has 20 heavy (non-hydrogen) atoms. The lowest BCUT2D eigenvalue weighted by atomic mass is 10.3. The van der Waals surface area contributed by atoms with Crippen LogP contribution in [0.4, 0.5) is 5.69 Å². The Hall–Kier alpha value is -2.12. The Labute approximate surface area is 116 Å². The van der Waals surface area contributed by atoms with Crippen molar-refractivity contribution < 1.29 is 28.9 Å². The van der Waals surface area contributed by atoms with E-state index in [4.69, 9.17) is 19.3 Å². The third-order valence-electron chi connectivity index (χ3n) is 2.18. The Bertz CT molecular complexity index is 448. The lowest BCUT2D eigenvalue weighted by Crippen LogP contribution is -2.20. The van der Waals surface area contributed by atoms with Crippen LogP contribution in [-0.4, -0.2) is 50.5 Å². The van der Waals surface area contributed by atoms with Crippen LogP contribution in [0.3, 0.4) is 0 Å². The summed E-state index contributed by atoms with van der Waals surface area (Å²) in [6.07, 6.45) is 0. The standard InChI is InChI=1S/C13H17NO6/c1-18-6-7-19-8-12(15)14-10-4-2-3-5-11(10)20-9-13(16)17/h2-5H,6-9H2,1H3,(H,14,15)(H,16,17). The molecule has 1 aromatic carbocycles. The molecule has 0 fully saturated rings. The molecule has 0 spiro atoms. The van der Waals surface area contributed by atoms with Gasteiger partial charge in [-0.25, -0.2) is 4.79 Å². The van der Waals surface area contributed by atoms with Crippen molar-refractivity contribution in [1.29, 1.82) is 0 Å². The summed E-state index contributed by atoms with van der Waals surface area (Å²) in [5.74, 6) is -1.15. The highest BCUT2D eigenvalue weighted by atomic mass is 16.5. The molecule has 1 rings (SSSR count). The van der Waals surface area contributed by atoms with Gasteiger partial charge in [-0.15, -0.1) is 0 Å². The number of amides is 1. The van der Waals surface area contributed by atoms with Gasteiger partial charge >= 0.3 is 5.97 Å². The average molecular weight is 283 g/mol. The Balaban J connectivity index is 2.49. The van der Waals surface area contributed by atoms with Crippen LogP contribution in [0.1, 0.15) is 0 Å². The zero-order valence-corrected chi connectivity index (χ0v) is 11.1. The normalized spacial score (nSPS) is 10.1. The first-order chi connectivity index (χ1) is 9.63. The maximum atomic E-state index is 11.6. The van der Waals surface area contributed by atoms with E-state index >= 15 is 0 Å². The Morgan fingerprint density at radius 3 is 2.65 bits per heavy atom. The molecular weight excluding hydrogens is 266 g/mol. The summed E-state index contributed by atoms with van der Waals surface area (Å²) in [4.78, 5) is 22.1. The molecular formula is C13H17NO6. The van der Waals surface area contributed by atoms with Crippen molar-refractivity contribution >= 4 is 17.6 Å². The highest BCUT2D eigenvalue weighted by Crippen LogP contribution is 2.23. The number of carboxylic acids is 1. The maximum absolute atomic E-state index is 11.6. The summed E-state index contributed by atoms with van der Waals surface area (Å²) < 4.78 is 14.9. The van der Waals surface area contributed by atoms with E-state index in [-0.39, 0.29) is 12.5 Å². The topological polar surface area (TPSA) is 94.1 Å². The number of hydrogen-bond acceptors (Lipinski definition) is 5. The number of anilines is 1. The quantitative estimate of drug-likeness (QED) is 0.649. The first kappa shape index (κ1) is 15.9. The summed E-state index contributed by atoms with van der Waals surface area (Å²) in [7, 11) is 1.54. The van der Waals surface area contributed by atoms with E-state index < -0.39 is 12.6 Å². The number of carbonyl (C=O) groups excluding carboxylic acids is 1. The van der Waals surface area contributed by atoms with Gasteiger partial charge in [-0.3, -0.25) is 4.79 Å². The highest BCUT2D eigenvalue weighted by molar-refractivity contribution is 5.93. The van der Waals surface area contributed by atoms with Gasteiger partial charge in [0.25, 0.3) is 0 Å². The van der Waals surface area contributed by atoms with Gasteiger partial charge in [0.2, 0.25) is 5.91 Å². The predicted octanol–water partition coefficient (Wildman–Crippen LogP) is 0.751. The number of aliphatic carboxylic acids is 1. The summed E-state index contributed by atoms with van der Waals surface area (Å²) in [6.45, 7) is 0.139. The van der Waals surface area contributed by atoms with E-state index in [0.29, 0.717) is 24.7 Å². The number of nitrogens with one attached hydrogen (secondary N) is 1. The van der Waals surface area contributed by atoms with Crippen LogP contribution in [0.15, 0.2) is 24.3 Å². The molecule has 1 aromatic rings. The third-order valence-corrected chi connectivity index (χ3v) is 2.18. The van der Waals surface area contributed by atoms with E-state index in [2.05, 4.69) is 5.32 Å². The molecule has 1 amide bonds. The van der Waals surface area contributed by atoms with Crippen LogP contribution in [0, 0.1) is 0 Å². The summed E-state index contributed by atoms with van der Waals surface area (Å²) in [5.41, 5.74) is 0.397. The smallest absolute Gasteiger partial charge is 0.341 e. The number of ether oxygens (including phenoxy) is 3. The zero-order chi connectivity index (χ0) is 14.8. The van der Waals surface area contributed by atoms with Gasteiger partial charge in [0.1, 0.15) is 12.4 Å². The largest absolute Gasteiger partial charge is 0.480 e. The first-order valence-corrected chi connectivity index (χ1v) is 5.93. The van der Waals surface area contributed by atoms with Crippen molar-refractivity contribution in [2.75, 3.05) is 38.9 Å². The minimum Gasteiger partial charge on any atom is -0.480 e. The fourth-order valence-corrected chi connectivity index (χ4v) is 1.33. The fraction of sp³-hybridized carbons (Fsp3) is 0.385. The highest BCUT2D eigenvalue weighted by Gasteiger charge is 2.08. The molecule has 0 unspecified atom stereocenters. The molecule has 7 heteroatoms. The number of para-hydroxylation sites is 2. The van der Waals surface area contributed by atoms with Gasteiger partial charge in [0.05, 0.1) is 18.9 Å². The number of benzene rings is 1. The second-order valence-corrected chi connectivity index (χ2v) is 3.77. The van der Waals surface area contributed by atoms with Gasteiger partial charge in [-0.05, 0) is 12.1 Å². The van der Waals surface area contributed by atoms with Crippen molar-refractivity contribution in [3.8, 4) is 5.75 Å². The van der Waals surface area contributed by atoms with Crippen molar-refractivity contribution in [2.24, 2.45) is 0 Å². The molecule has 0 bridgehead atoms. The van der Waals surface area contributed by atoms with Gasteiger partial charge in [-0.2, -0.15) is 0 Å². The molecule has 0 heterocycles. The Morgan fingerprint density at radius 1 is 1.20 bits per heavy atom. The van der Waals surface area contributed by atoms with Crippen molar-refractivity contribution in [2.45, 2.75) is 0 Å². The second kappa shape index (κ2) is 8.89. The van der Waals surface area contributed by atoms with Crippen LogP contribution >= 0.6 is 0 Å². The minimum absolute atomic E-state index is 0.114. The summed E-state index contributed by atoms with van der Waals surface area (Å²) in [5, 5.41) is 11.2. The zero-order valence-electron chi connectivity index (χ0n) is 11.1. The van der Waals surface area contributed by atoms with Crippen LogP contribution in [-0.2, 0) is 19.1 Å². The Morgan fingerprint density at radius 2 is 1.95 bits per heavy atom. The molecule has 0 saturated heterocycles. The first-order valence-electron chi connectivity index (χ1n) is 5.93. The van der Waals surface area contributed by atoms with Gasteiger partial charge in [-0.1, -0.05) is 12.1 Å². The van der Waals surface area contributed by atoms with Crippen LogP contribution < -0.4 is 10.1 Å². The second-order valence-electron chi connectivity index (χ2n) is 3.77. The van der Waals surface area contributed by atoms with E-state index in [1.165, 1.54) is 0 Å². The predicted molar refractivity (Wildman–Crippen MR) is 70.9 cm³/mol. The van der Waals surface area contributed by atoms with Gasteiger partial charge < -0.3 is 24.6 Å². The lowest BCUT2D eigenvalue weighted by Gasteiger charge is -2.11. The lowest BCUT2D eigenvalue weighted by molar-refractivity contribution is -0.139. The number of carboxylic acid groups (broad SMARTS) is 1. The van der Waals surface area contributed by atoms with Crippen molar-refractivity contribution in [3.63, 3.8) is 0 Å². The molecule has 0 aliphatic heterocycles. The molecule has 0 aromatic heterocycles. The Kier molecular flexibility index (Phi) is 7.08. The molecule has 2 N–H and O–H groups in total. The maximum Gasteiger partial charge on any atom is 0.341 e. The fourth-order valence-electron chi connectivity index (χ4n) is 1.33. The van der Waals surface area contributed by atoms with Crippen LogP contribution in [0.2, 0.25) is 0 Å². The number of rotatable bonds is 9. The monoisotopic (exact) mass is 283 g/mol. The molecule has 0 saturated carbocycles. The van der Waals surface area contributed by atoms with Gasteiger partial charge in [0.15, 0.2) is 6.61 Å². The molecule has 7 nitrogen and oxygen atoms in total. The number of carbonyl (C=O) groups is 2. The van der Waals surface area contributed by atoms with E-state index in [1.54, 1.807) is 31.4 Å².